The van der Waals surface area contributed by atoms with Crippen LogP contribution in [-0.2, 0) is 11.3 Å². The lowest BCUT2D eigenvalue weighted by atomic mass is 10.2. The van der Waals surface area contributed by atoms with Crippen molar-refractivity contribution in [1.82, 2.24) is 4.90 Å². The van der Waals surface area contributed by atoms with Crippen LogP contribution in [0.25, 0.3) is 0 Å². The summed E-state index contributed by atoms with van der Waals surface area (Å²) in [5.74, 6) is -1.67. The van der Waals surface area contributed by atoms with E-state index < -0.39 is 5.97 Å². The number of aromatic carboxylic acids is 1. The molecular formula is C17H17FN2O3. The lowest BCUT2D eigenvalue weighted by Gasteiger charge is -2.16. The van der Waals surface area contributed by atoms with Gasteiger partial charge in [0.05, 0.1) is 12.1 Å². The summed E-state index contributed by atoms with van der Waals surface area (Å²) in [7, 11) is 1.71. The second kappa shape index (κ2) is 7.51. The molecule has 0 aliphatic rings. The monoisotopic (exact) mass is 316 g/mol. The van der Waals surface area contributed by atoms with E-state index in [1.807, 2.05) is 0 Å². The van der Waals surface area contributed by atoms with Gasteiger partial charge in [0.25, 0.3) is 0 Å². The van der Waals surface area contributed by atoms with E-state index in [9.17, 15) is 14.0 Å². The summed E-state index contributed by atoms with van der Waals surface area (Å²) in [6.45, 7) is 0.362. The van der Waals surface area contributed by atoms with Crippen LogP contribution in [-0.4, -0.2) is 35.5 Å². The molecule has 6 heteroatoms. The molecule has 0 aliphatic carbocycles. The zero-order valence-corrected chi connectivity index (χ0v) is 12.6. The zero-order chi connectivity index (χ0) is 16.8. The number of carboxylic acid groups (broad SMARTS) is 1. The van der Waals surface area contributed by atoms with Gasteiger partial charge in [0, 0.05) is 17.8 Å². The average molecular weight is 316 g/mol. The molecule has 0 unspecified atom stereocenters. The number of rotatable bonds is 6. The highest BCUT2D eigenvalue weighted by Crippen LogP contribution is 2.12. The standard InChI is InChI=1S/C17H17FN2O3/c1-20(10-13-5-2-3-8-15(13)18)11-16(21)19-14-7-4-6-12(9-14)17(22)23/h2-9H,10-11H2,1H3,(H,19,21)(H,22,23). The molecule has 0 radical (unpaired) electrons. The van der Waals surface area contributed by atoms with Gasteiger partial charge in [-0.25, -0.2) is 9.18 Å². The summed E-state index contributed by atoms with van der Waals surface area (Å²) < 4.78 is 13.6. The molecule has 2 aromatic rings. The number of anilines is 1. The van der Waals surface area contributed by atoms with Gasteiger partial charge in [0.1, 0.15) is 5.82 Å². The number of nitrogens with zero attached hydrogens (tertiary/aromatic N) is 1. The van der Waals surface area contributed by atoms with Crippen molar-refractivity contribution in [2.24, 2.45) is 0 Å². The molecule has 0 saturated heterocycles. The highest BCUT2D eigenvalue weighted by atomic mass is 19.1. The Morgan fingerprint density at radius 2 is 1.91 bits per heavy atom. The third-order valence-corrected chi connectivity index (χ3v) is 3.20. The van der Waals surface area contributed by atoms with Gasteiger partial charge >= 0.3 is 5.97 Å². The van der Waals surface area contributed by atoms with Crippen LogP contribution in [0.3, 0.4) is 0 Å². The van der Waals surface area contributed by atoms with Crippen molar-refractivity contribution in [2.45, 2.75) is 6.54 Å². The Balaban J connectivity index is 1.93. The van der Waals surface area contributed by atoms with E-state index in [4.69, 9.17) is 5.11 Å². The maximum atomic E-state index is 13.6. The van der Waals surface area contributed by atoms with Gasteiger partial charge < -0.3 is 10.4 Å². The lowest BCUT2D eigenvalue weighted by molar-refractivity contribution is -0.117. The van der Waals surface area contributed by atoms with Gasteiger partial charge in [-0.05, 0) is 31.3 Å². The van der Waals surface area contributed by atoms with Crippen LogP contribution < -0.4 is 5.32 Å². The summed E-state index contributed by atoms with van der Waals surface area (Å²) >= 11 is 0. The van der Waals surface area contributed by atoms with Gasteiger partial charge in [0.15, 0.2) is 0 Å². The fraction of sp³-hybridized carbons (Fsp3) is 0.176. The molecule has 23 heavy (non-hydrogen) atoms. The van der Waals surface area contributed by atoms with Crippen LogP contribution in [0.4, 0.5) is 10.1 Å². The Morgan fingerprint density at radius 1 is 1.17 bits per heavy atom. The first kappa shape index (κ1) is 16.6. The van der Waals surface area contributed by atoms with Crippen molar-refractivity contribution >= 4 is 17.6 Å². The van der Waals surface area contributed by atoms with E-state index in [0.717, 1.165) is 0 Å². The molecule has 0 spiro atoms. The van der Waals surface area contributed by atoms with Crippen LogP contribution in [0, 0.1) is 5.82 Å². The average Bonchev–Trinajstić information content (AvgIpc) is 2.49. The molecule has 0 fully saturated rings. The summed E-state index contributed by atoms with van der Waals surface area (Å²) in [5.41, 5.74) is 1.02. The molecule has 0 aliphatic heterocycles. The maximum Gasteiger partial charge on any atom is 0.335 e. The second-order valence-electron chi connectivity index (χ2n) is 5.20. The predicted molar refractivity (Wildman–Crippen MR) is 84.8 cm³/mol. The van der Waals surface area contributed by atoms with Gasteiger partial charge in [-0.1, -0.05) is 24.3 Å². The van der Waals surface area contributed by atoms with Gasteiger partial charge in [-0.2, -0.15) is 0 Å². The van der Waals surface area contributed by atoms with Crippen LogP contribution >= 0.6 is 0 Å². The van der Waals surface area contributed by atoms with Crippen LogP contribution in [0.5, 0.6) is 0 Å². The number of likely N-dealkylation sites (N-methyl/N-ethyl adjacent to an activating group) is 1. The van der Waals surface area contributed by atoms with Crippen molar-refractivity contribution in [3.8, 4) is 0 Å². The quantitative estimate of drug-likeness (QED) is 0.859. The number of benzene rings is 2. The SMILES string of the molecule is CN(CC(=O)Nc1cccc(C(=O)O)c1)Cc1ccccc1F. The number of carbonyl (C=O) groups is 2. The van der Waals surface area contributed by atoms with Crippen molar-refractivity contribution in [3.63, 3.8) is 0 Å². The summed E-state index contributed by atoms with van der Waals surface area (Å²) in [6.07, 6.45) is 0. The van der Waals surface area contributed by atoms with E-state index >= 15 is 0 Å². The number of hydrogen-bond acceptors (Lipinski definition) is 3. The first-order valence-electron chi connectivity index (χ1n) is 7.01. The molecule has 2 N–H and O–H groups in total. The highest BCUT2D eigenvalue weighted by Gasteiger charge is 2.10. The van der Waals surface area contributed by atoms with E-state index in [2.05, 4.69) is 5.32 Å². The molecule has 0 heterocycles. The molecule has 0 saturated carbocycles. The number of nitrogens with one attached hydrogen (secondary N) is 1. The highest BCUT2D eigenvalue weighted by molar-refractivity contribution is 5.94. The predicted octanol–water partition coefficient (Wildman–Crippen LogP) is 2.59. The van der Waals surface area contributed by atoms with Crippen LogP contribution in [0.2, 0.25) is 0 Å². The van der Waals surface area contributed by atoms with Gasteiger partial charge in [-0.3, -0.25) is 9.69 Å². The van der Waals surface area contributed by atoms with E-state index in [1.165, 1.54) is 18.2 Å². The molecule has 1 amide bonds. The fourth-order valence-electron chi connectivity index (χ4n) is 2.15. The minimum atomic E-state index is -1.06. The molecule has 0 bridgehead atoms. The number of carbonyl (C=O) groups excluding carboxylic acids is 1. The van der Waals surface area contributed by atoms with Crippen molar-refractivity contribution < 1.29 is 19.1 Å². The number of amides is 1. The maximum absolute atomic E-state index is 13.6. The normalized spacial score (nSPS) is 10.6. The molecule has 5 nitrogen and oxygen atoms in total. The fourth-order valence-corrected chi connectivity index (χ4v) is 2.15. The second-order valence-corrected chi connectivity index (χ2v) is 5.20. The molecule has 2 rings (SSSR count). The molecule has 2 aromatic carbocycles. The van der Waals surface area contributed by atoms with E-state index in [0.29, 0.717) is 17.8 Å². The Labute approximate surface area is 133 Å². The van der Waals surface area contributed by atoms with Gasteiger partial charge in [-0.15, -0.1) is 0 Å². The Bertz CT molecular complexity index is 718. The minimum absolute atomic E-state index is 0.0611. The number of hydrogen-bond donors (Lipinski definition) is 2. The first-order chi connectivity index (χ1) is 11.0. The molecule has 120 valence electrons. The summed E-state index contributed by atoms with van der Waals surface area (Å²) in [5, 5.41) is 11.6. The molecule has 0 atom stereocenters. The molecule has 0 aromatic heterocycles. The first-order valence-corrected chi connectivity index (χ1v) is 7.01. The van der Waals surface area contributed by atoms with E-state index in [1.54, 1.807) is 42.3 Å². The van der Waals surface area contributed by atoms with Crippen LogP contribution in [0.1, 0.15) is 15.9 Å². The van der Waals surface area contributed by atoms with Crippen molar-refractivity contribution in [3.05, 3.63) is 65.5 Å². The third-order valence-electron chi connectivity index (χ3n) is 3.20. The van der Waals surface area contributed by atoms with Gasteiger partial charge in [0.2, 0.25) is 5.91 Å². The topological polar surface area (TPSA) is 69.6 Å². The molecular weight excluding hydrogens is 299 g/mol. The van der Waals surface area contributed by atoms with Crippen molar-refractivity contribution in [1.29, 1.82) is 0 Å². The smallest absolute Gasteiger partial charge is 0.335 e. The number of carboxylic acids is 1. The van der Waals surface area contributed by atoms with Crippen molar-refractivity contribution in [2.75, 3.05) is 18.9 Å². The Kier molecular flexibility index (Phi) is 5.43. The Hall–Kier alpha value is -2.73. The van der Waals surface area contributed by atoms with E-state index in [-0.39, 0.29) is 23.8 Å². The lowest BCUT2D eigenvalue weighted by Crippen LogP contribution is -2.30. The summed E-state index contributed by atoms with van der Waals surface area (Å²) in [6, 6.07) is 12.4. The zero-order valence-electron chi connectivity index (χ0n) is 12.6. The summed E-state index contributed by atoms with van der Waals surface area (Å²) in [4.78, 5) is 24.6. The number of halogens is 1. The Morgan fingerprint density at radius 3 is 2.61 bits per heavy atom. The largest absolute Gasteiger partial charge is 0.478 e. The minimum Gasteiger partial charge on any atom is -0.478 e. The third kappa shape index (κ3) is 4.89. The van der Waals surface area contributed by atoms with Crippen LogP contribution in [0.15, 0.2) is 48.5 Å².